The molecule has 1 aliphatic carbocycles. The van der Waals surface area contributed by atoms with Crippen LogP contribution >= 0.6 is 15.9 Å². The number of nitro benzene ring substituents is 1. The fourth-order valence-electron chi connectivity index (χ4n) is 2.50. The van der Waals surface area contributed by atoms with Crippen LogP contribution in [0.4, 0.5) is 5.69 Å². The smallest absolute Gasteiger partial charge is 0.283 e. The Kier molecular flexibility index (Phi) is 4.90. The molecule has 0 aromatic heterocycles. The summed E-state index contributed by atoms with van der Waals surface area (Å²) in [6.07, 6.45) is 3.59. The summed E-state index contributed by atoms with van der Waals surface area (Å²) in [4.78, 5) is 10.5. The molecule has 0 amide bonds. The highest BCUT2D eigenvalue weighted by Gasteiger charge is 2.26. The van der Waals surface area contributed by atoms with Gasteiger partial charge in [-0.2, -0.15) is 0 Å². The zero-order valence-electron chi connectivity index (χ0n) is 10.8. The number of benzene rings is 1. The van der Waals surface area contributed by atoms with E-state index in [1.807, 2.05) is 6.07 Å². The van der Waals surface area contributed by atoms with Crippen molar-refractivity contribution in [3.05, 3.63) is 38.3 Å². The summed E-state index contributed by atoms with van der Waals surface area (Å²) in [5.41, 5.74) is 1.02. The lowest BCUT2D eigenvalue weighted by atomic mass is 10.1. The van der Waals surface area contributed by atoms with Crippen molar-refractivity contribution in [3.8, 4) is 0 Å². The van der Waals surface area contributed by atoms with Crippen molar-refractivity contribution in [2.45, 2.75) is 38.0 Å². The zero-order chi connectivity index (χ0) is 13.8. The van der Waals surface area contributed by atoms with Crippen LogP contribution in [0, 0.1) is 10.1 Å². The fourth-order valence-corrected chi connectivity index (χ4v) is 2.89. The second-order valence-corrected chi connectivity index (χ2v) is 5.59. The van der Waals surface area contributed by atoms with Gasteiger partial charge in [-0.05, 0) is 46.8 Å². The normalized spacial score (nSPS) is 22.6. The van der Waals surface area contributed by atoms with Gasteiger partial charge in [0.25, 0.3) is 5.69 Å². The van der Waals surface area contributed by atoms with E-state index >= 15 is 0 Å². The molecule has 19 heavy (non-hydrogen) atoms. The van der Waals surface area contributed by atoms with Crippen molar-refractivity contribution < 1.29 is 9.66 Å². The van der Waals surface area contributed by atoms with Gasteiger partial charge in [-0.25, -0.2) is 0 Å². The molecule has 5 nitrogen and oxygen atoms in total. The van der Waals surface area contributed by atoms with Crippen LogP contribution in [-0.2, 0) is 11.3 Å². The molecule has 2 atom stereocenters. The number of ether oxygens (including phenoxy) is 1. The van der Waals surface area contributed by atoms with Gasteiger partial charge in [-0.3, -0.25) is 10.1 Å². The van der Waals surface area contributed by atoms with Crippen molar-refractivity contribution >= 4 is 21.6 Å². The van der Waals surface area contributed by atoms with E-state index in [9.17, 15) is 10.1 Å². The van der Waals surface area contributed by atoms with Crippen LogP contribution < -0.4 is 5.32 Å². The molecule has 1 fully saturated rings. The van der Waals surface area contributed by atoms with Crippen LogP contribution in [0.5, 0.6) is 0 Å². The molecule has 1 saturated carbocycles. The Morgan fingerprint density at radius 3 is 3.00 bits per heavy atom. The highest BCUT2D eigenvalue weighted by molar-refractivity contribution is 9.10. The van der Waals surface area contributed by atoms with E-state index in [1.165, 1.54) is 0 Å². The third-order valence-corrected chi connectivity index (χ3v) is 4.20. The van der Waals surface area contributed by atoms with Crippen LogP contribution in [0.3, 0.4) is 0 Å². The quantitative estimate of drug-likeness (QED) is 0.666. The van der Waals surface area contributed by atoms with Gasteiger partial charge in [-0.15, -0.1) is 0 Å². The number of halogens is 1. The van der Waals surface area contributed by atoms with Gasteiger partial charge >= 0.3 is 0 Å². The number of hydrogen-bond donors (Lipinski definition) is 1. The average molecular weight is 329 g/mol. The number of nitro groups is 1. The highest BCUT2D eigenvalue weighted by Crippen LogP contribution is 2.26. The highest BCUT2D eigenvalue weighted by atomic mass is 79.9. The van der Waals surface area contributed by atoms with E-state index in [-0.39, 0.29) is 16.7 Å². The lowest BCUT2D eigenvalue weighted by molar-refractivity contribution is -0.385. The van der Waals surface area contributed by atoms with Gasteiger partial charge in [0.05, 0.1) is 15.5 Å². The molecule has 104 valence electrons. The minimum atomic E-state index is -0.374. The molecule has 6 heteroatoms. The Morgan fingerprint density at radius 2 is 2.32 bits per heavy atom. The Labute approximate surface area is 120 Å². The van der Waals surface area contributed by atoms with Gasteiger partial charge < -0.3 is 10.1 Å². The first-order valence-corrected chi connectivity index (χ1v) is 7.10. The van der Waals surface area contributed by atoms with Crippen LogP contribution in [0.25, 0.3) is 0 Å². The molecule has 0 saturated heterocycles. The standard InChI is InChI=1S/C13H17BrN2O3/c1-19-13-4-2-3-11(13)15-8-9-5-6-10(14)12(7-9)16(17)18/h5-7,11,13,15H,2-4,8H2,1H3. The fraction of sp³-hybridized carbons (Fsp3) is 0.538. The van der Waals surface area contributed by atoms with E-state index in [1.54, 1.807) is 19.2 Å². The second kappa shape index (κ2) is 6.45. The number of nitrogens with one attached hydrogen (secondary N) is 1. The van der Waals surface area contributed by atoms with Crippen LogP contribution in [0.1, 0.15) is 24.8 Å². The molecule has 2 unspecified atom stereocenters. The largest absolute Gasteiger partial charge is 0.380 e. The van der Waals surface area contributed by atoms with Crippen molar-refractivity contribution in [1.82, 2.24) is 5.32 Å². The van der Waals surface area contributed by atoms with Gasteiger partial charge in [0.2, 0.25) is 0 Å². The maximum Gasteiger partial charge on any atom is 0.283 e. The maximum absolute atomic E-state index is 10.9. The van der Waals surface area contributed by atoms with Gasteiger partial charge in [-0.1, -0.05) is 6.07 Å². The van der Waals surface area contributed by atoms with E-state index in [0.717, 1.165) is 24.8 Å². The lowest BCUT2D eigenvalue weighted by Gasteiger charge is -2.19. The monoisotopic (exact) mass is 328 g/mol. The predicted octanol–water partition coefficient (Wildman–Crippen LogP) is 3.01. The summed E-state index contributed by atoms with van der Waals surface area (Å²) in [6, 6.07) is 5.56. The third-order valence-electron chi connectivity index (χ3n) is 3.53. The molecule has 0 radical (unpaired) electrons. The van der Waals surface area contributed by atoms with Crippen LogP contribution in [0.2, 0.25) is 0 Å². The minimum Gasteiger partial charge on any atom is -0.380 e. The van der Waals surface area contributed by atoms with Crippen molar-refractivity contribution in [2.24, 2.45) is 0 Å². The SMILES string of the molecule is COC1CCCC1NCc1ccc(Br)c([N+](=O)[O-])c1. The molecule has 0 aliphatic heterocycles. The third kappa shape index (κ3) is 3.52. The molecule has 1 N–H and O–H groups in total. The summed E-state index contributed by atoms with van der Waals surface area (Å²) in [5, 5.41) is 14.3. The minimum absolute atomic E-state index is 0.106. The second-order valence-electron chi connectivity index (χ2n) is 4.74. The Balaban J connectivity index is 2.00. The molecular formula is C13H17BrN2O3. The van der Waals surface area contributed by atoms with Crippen LogP contribution in [-0.4, -0.2) is 24.2 Å². The molecular weight excluding hydrogens is 312 g/mol. The predicted molar refractivity (Wildman–Crippen MR) is 76.1 cm³/mol. The van der Waals surface area contributed by atoms with E-state index in [2.05, 4.69) is 21.2 Å². The van der Waals surface area contributed by atoms with Gasteiger partial charge in [0.15, 0.2) is 0 Å². The van der Waals surface area contributed by atoms with Crippen molar-refractivity contribution in [2.75, 3.05) is 7.11 Å². The van der Waals surface area contributed by atoms with Crippen molar-refractivity contribution in [1.29, 1.82) is 0 Å². The molecule has 0 spiro atoms. The zero-order valence-corrected chi connectivity index (χ0v) is 12.4. The number of methoxy groups -OCH3 is 1. The molecule has 0 heterocycles. The van der Waals surface area contributed by atoms with Gasteiger partial charge in [0, 0.05) is 25.8 Å². The Hall–Kier alpha value is -0.980. The molecule has 1 aromatic rings. The van der Waals surface area contributed by atoms with E-state index in [0.29, 0.717) is 17.1 Å². The number of nitrogens with zero attached hydrogens (tertiary/aromatic N) is 1. The van der Waals surface area contributed by atoms with E-state index < -0.39 is 0 Å². The lowest BCUT2D eigenvalue weighted by Crippen LogP contribution is -2.36. The molecule has 2 rings (SSSR count). The summed E-state index contributed by atoms with van der Waals surface area (Å²) < 4.78 is 5.93. The molecule has 1 aromatic carbocycles. The average Bonchev–Trinajstić information content (AvgIpc) is 2.84. The summed E-state index contributed by atoms with van der Waals surface area (Å²) in [5.74, 6) is 0. The topological polar surface area (TPSA) is 64.4 Å². The Morgan fingerprint density at radius 1 is 1.53 bits per heavy atom. The first-order chi connectivity index (χ1) is 9.11. The van der Waals surface area contributed by atoms with Crippen LogP contribution in [0.15, 0.2) is 22.7 Å². The summed E-state index contributed by atoms with van der Waals surface area (Å²) in [6.45, 7) is 0.624. The van der Waals surface area contributed by atoms with Crippen molar-refractivity contribution in [3.63, 3.8) is 0 Å². The summed E-state index contributed by atoms with van der Waals surface area (Å²) in [7, 11) is 1.73. The molecule has 1 aliphatic rings. The molecule has 0 bridgehead atoms. The first-order valence-electron chi connectivity index (χ1n) is 6.31. The summed E-state index contributed by atoms with van der Waals surface area (Å²) >= 11 is 3.19. The number of rotatable bonds is 5. The van der Waals surface area contributed by atoms with E-state index in [4.69, 9.17) is 4.74 Å². The maximum atomic E-state index is 10.9. The van der Waals surface area contributed by atoms with Gasteiger partial charge in [0.1, 0.15) is 0 Å². The Bertz CT molecular complexity index is 467. The number of hydrogen-bond acceptors (Lipinski definition) is 4. The first kappa shape index (κ1) is 14.4.